The number of rotatable bonds is 7. The first-order valence-corrected chi connectivity index (χ1v) is 11.2. The van der Waals surface area contributed by atoms with Crippen LogP contribution in [0.25, 0.3) is 33.3 Å². The van der Waals surface area contributed by atoms with E-state index in [9.17, 15) is 9.59 Å². The maximum atomic E-state index is 12.3. The summed E-state index contributed by atoms with van der Waals surface area (Å²) >= 11 is 0. The quantitative estimate of drug-likeness (QED) is 0.382. The molecule has 35 heavy (non-hydrogen) atoms. The summed E-state index contributed by atoms with van der Waals surface area (Å²) in [7, 11) is 1.57. The molecule has 174 valence electrons. The summed E-state index contributed by atoms with van der Waals surface area (Å²) in [6.07, 6.45) is 2.02. The molecule has 5 aromatic rings. The monoisotopic (exact) mass is 465 g/mol. The van der Waals surface area contributed by atoms with Gasteiger partial charge in [0.05, 0.1) is 17.8 Å². The molecule has 5 rings (SSSR count). The maximum absolute atomic E-state index is 12.3. The van der Waals surface area contributed by atoms with Crippen LogP contribution in [-0.4, -0.2) is 50.4 Å². The molecule has 9 heteroatoms. The third kappa shape index (κ3) is 4.84. The van der Waals surface area contributed by atoms with Crippen molar-refractivity contribution in [3.8, 4) is 11.3 Å². The third-order valence-corrected chi connectivity index (χ3v) is 5.72. The molecule has 3 aromatic heterocycles. The number of carbonyl (C=O) groups is 2. The number of amides is 2. The lowest BCUT2D eigenvalue weighted by atomic mass is 10.1. The highest BCUT2D eigenvalue weighted by molar-refractivity contribution is 5.95. The Labute approximate surface area is 201 Å². The van der Waals surface area contributed by atoms with E-state index in [0.717, 1.165) is 27.7 Å². The first kappa shape index (κ1) is 22.1. The zero-order valence-corrected chi connectivity index (χ0v) is 19.1. The van der Waals surface area contributed by atoms with Crippen molar-refractivity contribution in [2.45, 2.75) is 13.0 Å². The minimum absolute atomic E-state index is 0.117. The Morgan fingerprint density at radius 3 is 2.63 bits per heavy atom. The van der Waals surface area contributed by atoms with Gasteiger partial charge >= 0.3 is 0 Å². The van der Waals surface area contributed by atoms with Gasteiger partial charge in [0.25, 0.3) is 5.91 Å². The number of fused-ring (bicyclic) bond motifs is 2. The minimum atomic E-state index is -0.225. The van der Waals surface area contributed by atoms with Crippen LogP contribution in [0.4, 0.5) is 0 Å². The molecule has 3 heterocycles. The summed E-state index contributed by atoms with van der Waals surface area (Å²) in [5, 5.41) is 14.9. The van der Waals surface area contributed by atoms with Crippen LogP contribution in [0.15, 0.2) is 72.9 Å². The molecule has 0 radical (unpaired) electrons. The van der Waals surface area contributed by atoms with E-state index in [-0.39, 0.29) is 24.8 Å². The number of hydrogen-bond acceptors (Lipinski definition) is 6. The lowest BCUT2D eigenvalue weighted by Gasteiger charge is -2.07. The Balaban J connectivity index is 1.34. The molecule has 0 fully saturated rings. The normalized spacial score (nSPS) is 11.0. The molecule has 2 N–H and O–H groups in total. The predicted molar refractivity (Wildman–Crippen MR) is 133 cm³/mol. The van der Waals surface area contributed by atoms with Gasteiger partial charge in [0.15, 0.2) is 5.65 Å². The summed E-state index contributed by atoms with van der Waals surface area (Å²) in [6, 6.07) is 21.1. The highest BCUT2D eigenvalue weighted by Crippen LogP contribution is 2.22. The highest BCUT2D eigenvalue weighted by atomic mass is 16.2. The zero-order valence-electron chi connectivity index (χ0n) is 19.1. The molecule has 0 bridgehead atoms. The van der Waals surface area contributed by atoms with E-state index in [1.165, 1.54) is 0 Å². The van der Waals surface area contributed by atoms with Crippen molar-refractivity contribution >= 4 is 33.9 Å². The molecule has 0 atom stereocenters. The summed E-state index contributed by atoms with van der Waals surface area (Å²) in [5.74, 6) is -0.342. The van der Waals surface area contributed by atoms with Gasteiger partial charge in [-0.15, -0.1) is 5.10 Å². The van der Waals surface area contributed by atoms with Gasteiger partial charge in [0.1, 0.15) is 5.52 Å². The second-order valence-electron chi connectivity index (χ2n) is 8.07. The Morgan fingerprint density at radius 1 is 0.971 bits per heavy atom. The molecule has 0 aliphatic heterocycles. The average Bonchev–Trinajstić information content (AvgIpc) is 3.30. The van der Waals surface area contributed by atoms with E-state index in [2.05, 4.69) is 32.0 Å². The zero-order chi connectivity index (χ0) is 24.2. The van der Waals surface area contributed by atoms with Crippen molar-refractivity contribution in [3.05, 3.63) is 84.1 Å². The van der Waals surface area contributed by atoms with Crippen molar-refractivity contribution in [1.29, 1.82) is 0 Å². The Hall–Kier alpha value is -4.66. The van der Waals surface area contributed by atoms with E-state index in [4.69, 9.17) is 4.98 Å². The van der Waals surface area contributed by atoms with Gasteiger partial charge in [-0.25, -0.2) is 9.67 Å². The largest absolute Gasteiger partial charge is 0.359 e. The smallest absolute Gasteiger partial charge is 0.251 e. The van der Waals surface area contributed by atoms with Crippen molar-refractivity contribution in [3.63, 3.8) is 0 Å². The van der Waals surface area contributed by atoms with Crippen molar-refractivity contribution in [2.24, 2.45) is 0 Å². The van der Waals surface area contributed by atoms with E-state index in [1.807, 2.05) is 48.5 Å². The first-order valence-electron chi connectivity index (χ1n) is 11.2. The van der Waals surface area contributed by atoms with Crippen molar-refractivity contribution < 1.29 is 9.59 Å². The van der Waals surface area contributed by atoms with Crippen LogP contribution in [0.3, 0.4) is 0 Å². The molecule has 2 amide bonds. The van der Waals surface area contributed by atoms with Gasteiger partial charge in [0.2, 0.25) is 5.91 Å². The van der Waals surface area contributed by atoms with Gasteiger partial charge in [-0.05, 0) is 48.0 Å². The molecule has 9 nitrogen and oxygen atoms in total. The maximum Gasteiger partial charge on any atom is 0.251 e. The van der Waals surface area contributed by atoms with Gasteiger partial charge in [-0.3, -0.25) is 14.6 Å². The van der Waals surface area contributed by atoms with Crippen LogP contribution in [-0.2, 0) is 11.3 Å². The van der Waals surface area contributed by atoms with E-state index >= 15 is 0 Å². The molecule has 0 spiro atoms. The fourth-order valence-electron chi connectivity index (χ4n) is 3.83. The number of benzene rings is 2. The van der Waals surface area contributed by atoms with Crippen LogP contribution >= 0.6 is 0 Å². The van der Waals surface area contributed by atoms with Crippen molar-refractivity contribution in [2.75, 3.05) is 13.6 Å². The molecule has 0 unspecified atom stereocenters. The molecule has 2 aromatic carbocycles. The first-order chi connectivity index (χ1) is 17.1. The van der Waals surface area contributed by atoms with Crippen LogP contribution in [0.2, 0.25) is 0 Å². The van der Waals surface area contributed by atoms with Crippen LogP contribution < -0.4 is 10.6 Å². The van der Waals surface area contributed by atoms with Crippen LogP contribution in [0.1, 0.15) is 22.3 Å². The number of aromatic nitrogens is 5. The summed E-state index contributed by atoms with van der Waals surface area (Å²) in [5.41, 5.74) is 5.58. The predicted octanol–water partition coefficient (Wildman–Crippen LogP) is 2.96. The van der Waals surface area contributed by atoms with Gasteiger partial charge in [-0.2, -0.15) is 0 Å². The Bertz CT molecular complexity index is 1530. The molecular weight excluding hydrogens is 442 g/mol. The topological polar surface area (TPSA) is 115 Å². The van der Waals surface area contributed by atoms with Gasteiger partial charge < -0.3 is 10.6 Å². The van der Waals surface area contributed by atoms with E-state index in [1.54, 1.807) is 30.1 Å². The third-order valence-electron chi connectivity index (χ3n) is 5.72. The average molecular weight is 466 g/mol. The highest BCUT2D eigenvalue weighted by Gasteiger charge is 2.11. The molecule has 0 saturated carbocycles. The molecule has 0 aliphatic carbocycles. The van der Waals surface area contributed by atoms with Gasteiger partial charge in [0, 0.05) is 42.7 Å². The van der Waals surface area contributed by atoms with Gasteiger partial charge in [-0.1, -0.05) is 29.5 Å². The van der Waals surface area contributed by atoms with E-state index in [0.29, 0.717) is 23.3 Å². The SMILES string of the molecule is CNC(=O)CCNC(=O)c1ccc(-c2ccc3nnn(Cc4ccc5ncccc5c4)c3n2)cc1. The fraction of sp³-hybridized carbons (Fsp3) is 0.154. The van der Waals surface area contributed by atoms with Crippen LogP contribution in [0, 0.1) is 0 Å². The second kappa shape index (κ2) is 9.68. The number of nitrogens with one attached hydrogen (secondary N) is 2. The minimum Gasteiger partial charge on any atom is -0.359 e. The summed E-state index contributed by atoms with van der Waals surface area (Å²) in [4.78, 5) is 32.8. The lowest BCUT2D eigenvalue weighted by Crippen LogP contribution is -2.29. The molecular formula is C26H23N7O2. The Morgan fingerprint density at radius 2 is 1.80 bits per heavy atom. The molecule has 0 aliphatic rings. The standard InChI is InChI=1S/C26H23N7O2/c1-27-24(34)12-14-29-26(35)19-7-5-18(6-8-19)22-10-11-23-25(30-22)33(32-31-23)16-17-4-9-21-20(15-17)3-2-13-28-21/h2-11,13,15H,12,14,16H2,1H3,(H,27,34)(H,29,35). The summed E-state index contributed by atoms with van der Waals surface area (Å²) in [6.45, 7) is 0.816. The lowest BCUT2D eigenvalue weighted by molar-refractivity contribution is -0.120. The second-order valence-corrected chi connectivity index (χ2v) is 8.07. The van der Waals surface area contributed by atoms with Crippen molar-refractivity contribution in [1.82, 2.24) is 35.6 Å². The fourth-order valence-corrected chi connectivity index (χ4v) is 3.83. The summed E-state index contributed by atoms with van der Waals surface area (Å²) < 4.78 is 1.78. The number of nitrogens with zero attached hydrogens (tertiary/aromatic N) is 5. The number of pyridine rings is 2. The van der Waals surface area contributed by atoms with Crippen LogP contribution in [0.5, 0.6) is 0 Å². The molecule has 0 saturated heterocycles. The number of hydrogen-bond donors (Lipinski definition) is 2. The van der Waals surface area contributed by atoms with E-state index < -0.39 is 0 Å². The number of carbonyl (C=O) groups excluding carboxylic acids is 2. The Kier molecular flexibility index (Phi) is 6.13.